The average Bonchev–Trinajstić information content (AvgIpc) is 2.89. The molecule has 0 aliphatic carbocycles. The molecule has 8 heteroatoms. The van der Waals surface area contributed by atoms with E-state index in [1.807, 2.05) is 4.72 Å². The number of rotatable bonds is 4. The summed E-state index contributed by atoms with van der Waals surface area (Å²) in [6.07, 6.45) is -1.04. The molecule has 1 heterocycles. The number of anilines is 1. The van der Waals surface area contributed by atoms with Gasteiger partial charge >= 0.3 is 6.09 Å². The number of thiophene rings is 1. The normalized spacial score (nSPS) is 11.0. The number of nitrogens with zero attached hydrogens (tertiary/aromatic N) is 1. The molecule has 0 fully saturated rings. The van der Waals surface area contributed by atoms with Gasteiger partial charge in [0.2, 0.25) is 0 Å². The fourth-order valence-corrected chi connectivity index (χ4v) is 3.92. The van der Waals surface area contributed by atoms with Gasteiger partial charge in [0, 0.05) is 14.1 Å². The third-order valence-corrected chi connectivity index (χ3v) is 5.03. The SMILES string of the molecule is CN(C)c1sccc1S(=O)(=O)NC(=O)Oc1ccccc1. The Labute approximate surface area is 127 Å². The van der Waals surface area contributed by atoms with E-state index >= 15 is 0 Å². The van der Waals surface area contributed by atoms with Crippen molar-refractivity contribution in [2.45, 2.75) is 4.90 Å². The minimum absolute atomic E-state index is 0.0440. The number of carbonyl (C=O) groups is 1. The van der Waals surface area contributed by atoms with E-state index in [-0.39, 0.29) is 10.6 Å². The molecular formula is C13H14N2O4S2. The van der Waals surface area contributed by atoms with E-state index in [9.17, 15) is 13.2 Å². The number of sulfonamides is 1. The fourth-order valence-electron chi connectivity index (χ4n) is 1.60. The van der Waals surface area contributed by atoms with Crippen LogP contribution in [0.15, 0.2) is 46.7 Å². The highest BCUT2D eigenvalue weighted by atomic mass is 32.2. The first kappa shape index (κ1) is 15.3. The van der Waals surface area contributed by atoms with Gasteiger partial charge in [0.15, 0.2) is 0 Å². The number of ether oxygens (including phenoxy) is 1. The standard InChI is InChI=1S/C13H14N2O4S2/c1-15(2)12-11(8-9-20-12)21(17,18)14-13(16)19-10-6-4-3-5-7-10/h3-9H,1-2H3,(H,14,16). The van der Waals surface area contributed by atoms with E-state index < -0.39 is 16.1 Å². The highest BCUT2D eigenvalue weighted by Gasteiger charge is 2.24. The predicted octanol–water partition coefficient (Wildman–Crippen LogP) is 2.29. The van der Waals surface area contributed by atoms with Crippen LogP contribution in [0.3, 0.4) is 0 Å². The zero-order valence-electron chi connectivity index (χ0n) is 11.4. The van der Waals surface area contributed by atoms with Crippen LogP contribution < -0.4 is 14.4 Å². The van der Waals surface area contributed by atoms with Gasteiger partial charge in [0.05, 0.1) is 0 Å². The van der Waals surface area contributed by atoms with Crippen molar-refractivity contribution in [1.82, 2.24) is 4.72 Å². The molecule has 0 aliphatic heterocycles. The van der Waals surface area contributed by atoms with Crippen LogP contribution in [0.1, 0.15) is 0 Å². The van der Waals surface area contributed by atoms with Crippen molar-refractivity contribution in [2.75, 3.05) is 19.0 Å². The smallest absolute Gasteiger partial charge is 0.410 e. The Morgan fingerprint density at radius 1 is 1.19 bits per heavy atom. The molecule has 0 unspecified atom stereocenters. The second kappa shape index (κ2) is 6.15. The lowest BCUT2D eigenvalue weighted by molar-refractivity contribution is 0.207. The summed E-state index contributed by atoms with van der Waals surface area (Å²) < 4.78 is 31.2. The van der Waals surface area contributed by atoms with Gasteiger partial charge in [-0.15, -0.1) is 11.3 Å². The Balaban J connectivity index is 2.14. The number of para-hydroxylation sites is 1. The topological polar surface area (TPSA) is 75.7 Å². The van der Waals surface area contributed by atoms with Crippen LogP contribution in [-0.4, -0.2) is 28.6 Å². The molecule has 1 aromatic heterocycles. The number of nitrogens with one attached hydrogen (secondary N) is 1. The largest absolute Gasteiger partial charge is 0.426 e. The van der Waals surface area contributed by atoms with Crippen LogP contribution in [0, 0.1) is 0 Å². The summed E-state index contributed by atoms with van der Waals surface area (Å²) in [4.78, 5) is 13.4. The third kappa shape index (κ3) is 3.73. The molecule has 21 heavy (non-hydrogen) atoms. The minimum Gasteiger partial charge on any atom is -0.410 e. The highest BCUT2D eigenvalue weighted by molar-refractivity contribution is 7.90. The second-order valence-corrected chi connectivity index (χ2v) is 6.84. The number of carbonyl (C=O) groups excluding carboxylic acids is 1. The van der Waals surface area contributed by atoms with Crippen molar-refractivity contribution in [3.8, 4) is 5.75 Å². The van der Waals surface area contributed by atoms with Crippen LogP contribution in [0.25, 0.3) is 0 Å². The molecule has 112 valence electrons. The summed E-state index contributed by atoms with van der Waals surface area (Å²) in [5.74, 6) is 0.267. The van der Waals surface area contributed by atoms with E-state index in [2.05, 4.69) is 0 Å². The van der Waals surface area contributed by atoms with Crippen molar-refractivity contribution in [3.05, 3.63) is 41.8 Å². The maximum Gasteiger partial charge on any atom is 0.426 e. The van der Waals surface area contributed by atoms with Crippen molar-refractivity contribution in [3.63, 3.8) is 0 Å². The van der Waals surface area contributed by atoms with Crippen molar-refractivity contribution < 1.29 is 17.9 Å². The maximum absolute atomic E-state index is 12.2. The monoisotopic (exact) mass is 326 g/mol. The summed E-state index contributed by atoms with van der Waals surface area (Å²) in [6.45, 7) is 0. The fraction of sp³-hybridized carbons (Fsp3) is 0.154. The lowest BCUT2D eigenvalue weighted by atomic mass is 10.3. The maximum atomic E-state index is 12.2. The van der Waals surface area contributed by atoms with Gasteiger partial charge in [-0.2, -0.15) is 0 Å². The van der Waals surface area contributed by atoms with E-state index in [1.165, 1.54) is 17.4 Å². The first-order valence-corrected chi connectivity index (χ1v) is 8.31. The van der Waals surface area contributed by atoms with E-state index in [4.69, 9.17) is 4.74 Å². The molecule has 0 atom stereocenters. The van der Waals surface area contributed by atoms with Gasteiger partial charge in [0.25, 0.3) is 10.0 Å². The van der Waals surface area contributed by atoms with Crippen molar-refractivity contribution in [2.24, 2.45) is 0 Å². The molecule has 0 aliphatic rings. The van der Waals surface area contributed by atoms with Gasteiger partial charge < -0.3 is 9.64 Å². The predicted molar refractivity (Wildman–Crippen MR) is 81.4 cm³/mol. The van der Waals surface area contributed by atoms with Crippen molar-refractivity contribution >= 4 is 32.5 Å². The molecule has 0 bridgehead atoms. The van der Waals surface area contributed by atoms with Gasteiger partial charge in [0.1, 0.15) is 15.6 Å². The summed E-state index contributed by atoms with van der Waals surface area (Å²) in [7, 11) is -0.509. The molecule has 1 amide bonds. The van der Waals surface area contributed by atoms with Crippen LogP contribution in [-0.2, 0) is 10.0 Å². The van der Waals surface area contributed by atoms with Gasteiger partial charge in [-0.1, -0.05) is 18.2 Å². The lowest BCUT2D eigenvalue weighted by Gasteiger charge is -2.13. The number of amides is 1. The molecule has 0 saturated heterocycles. The molecular weight excluding hydrogens is 312 g/mol. The summed E-state index contributed by atoms with van der Waals surface area (Å²) >= 11 is 1.27. The molecule has 2 aromatic rings. The molecule has 0 spiro atoms. The number of benzene rings is 1. The average molecular weight is 326 g/mol. The van der Waals surface area contributed by atoms with Crippen LogP contribution in [0.4, 0.5) is 9.80 Å². The molecule has 0 saturated carbocycles. The highest BCUT2D eigenvalue weighted by Crippen LogP contribution is 2.29. The van der Waals surface area contributed by atoms with Crippen molar-refractivity contribution in [1.29, 1.82) is 0 Å². The third-order valence-electron chi connectivity index (χ3n) is 2.48. The van der Waals surface area contributed by atoms with Gasteiger partial charge in [-0.05, 0) is 23.6 Å². The Morgan fingerprint density at radius 2 is 1.86 bits per heavy atom. The number of hydrogen-bond acceptors (Lipinski definition) is 6. The Bertz CT molecular complexity index is 724. The minimum atomic E-state index is -3.97. The zero-order chi connectivity index (χ0) is 15.5. The quantitative estimate of drug-likeness (QED) is 0.933. The van der Waals surface area contributed by atoms with Crippen LogP contribution in [0.5, 0.6) is 5.75 Å². The van der Waals surface area contributed by atoms with E-state index in [1.54, 1.807) is 54.7 Å². The molecule has 0 radical (unpaired) electrons. The molecule has 6 nitrogen and oxygen atoms in total. The lowest BCUT2D eigenvalue weighted by Crippen LogP contribution is -2.33. The Kier molecular flexibility index (Phi) is 4.49. The van der Waals surface area contributed by atoms with E-state index in [0.29, 0.717) is 5.00 Å². The van der Waals surface area contributed by atoms with Gasteiger partial charge in [-0.3, -0.25) is 0 Å². The van der Waals surface area contributed by atoms with Crippen LogP contribution in [0.2, 0.25) is 0 Å². The first-order valence-electron chi connectivity index (χ1n) is 5.94. The zero-order valence-corrected chi connectivity index (χ0v) is 13.1. The number of hydrogen-bond donors (Lipinski definition) is 1. The summed E-state index contributed by atoms with van der Waals surface area (Å²) in [5, 5.41) is 2.18. The van der Waals surface area contributed by atoms with Gasteiger partial charge in [-0.25, -0.2) is 17.9 Å². The molecule has 1 N–H and O–H groups in total. The van der Waals surface area contributed by atoms with E-state index in [0.717, 1.165) is 0 Å². The second-order valence-electron chi connectivity index (χ2n) is 4.29. The van der Waals surface area contributed by atoms with Crippen LogP contribution >= 0.6 is 11.3 Å². The Morgan fingerprint density at radius 3 is 2.48 bits per heavy atom. The molecule has 2 rings (SSSR count). The Hall–Kier alpha value is -2.06. The summed E-state index contributed by atoms with van der Waals surface area (Å²) in [5.41, 5.74) is 0. The first-order chi connectivity index (χ1) is 9.90. The summed E-state index contributed by atoms with van der Waals surface area (Å²) in [6, 6.07) is 9.68. The molecule has 1 aromatic carbocycles.